The number of nitrogens with one attached hydrogen (secondary N) is 2. The molecular weight excluding hydrogens is 344 g/mol. The maximum Gasteiger partial charge on any atom is 0.262 e. The van der Waals surface area contributed by atoms with Gasteiger partial charge in [0.2, 0.25) is 5.91 Å². The summed E-state index contributed by atoms with van der Waals surface area (Å²) in [7, 11) is 1.53. The summed E-state index contributed by atoms with van der Waals surface area (Å²) in [4.78, 5) is 23.5. The molecule has 0 atom stereocenters. The van der Waals surface area contributed by atoms with Crippen LogP contribution in [-0.2, 0) is 16.0 Å². The van der Waals surface area contributed by atoms with Crippen molar-refractivity contribution in [2.45, 2.75) is 12.8 Å². The van der Waals surface area contributed by atoms with Crippen LogP contribution in [0.3, 0.4) is 0 Å². The van der Waals surface area contributed by atoms with Gasteiger partial charge in [-0.1, -0.05) is 17.7 Å². The number of methoxy groups -OCH3 is 1. The van der Waals surface area contributed by atoms with Crippen LogP contribution in [0.4, 0.5) is 11.4 Å². The number of rotatable bonds is 5. The highest BCUT2D eigenvalue weighted by Crippen LogP contribution is 2.29. The van der Waals surface area contributed by atoms with Gasteiger partial charge in [-0.25, -0.2) is 0 Å². The zero-order valence-electron chi connectivity index (χ0n) is 13.6. The van der Waals surface area contributed by atoms with Crippen molar-refractivity contribution in [1.29, 1.82) is 0 Å². The van der Waals surface area contributed by atoms with Gasteiger partial charge in [-0.2, -0.15) is 0 Å². The second kappa shape index (κ2) is 7.44. The highest BCUT2D eigenvalue weighted by molar-refractivity contribution is 6.32. The maximum atomic E-state index is 12.1. The minimum absolute atomic E-state index is 0.0270. The van der Waals surface area contributed by atoms with Crippen LogP contribution >= 0.6 is 11.6 Å². The second-order valence-corrected chi connectivity index (χ2v) is 5.97. The molecule has 2 amide bonds. The van der Waals surface area contributed by atoms with Gasteiger partial charge in [0.05, 0.1) is 17.8 Å². The molecular formula is C18H17ClN2O4. The summed E-state index contributed by atoms with van der Waals surface area (Å²) in [6.45, 7) is 0.0270. The Morgan fingerprint density at radius 3 is 2.92 bits per heavy atom. The minimum Gasteiger partial charge on any atom is -0.495 e. The Hall–Kier alpha value is -2.73. The first-order chi connectivity index (χ1) is 12.0. The molecule has 0 radical (unpaired) electrons. The predicted octanol–water partition coefficient (Wildman–Crippen LogP) is 3.25. The van der Waals surface area contributed by atoms with Gasteiger partial charge in [-0.15, -0.1) is 0 Å². The lowest BCUT2D eigenvalue weighted by molar-refractivity contribution is -0.118. The summed E-state index contributed by atoms with van der Waals surface area (Å²) >= 11 is 6.04. The van der Waals surface area contributed by atoms with E-state index in [1.807, 2.05) is 12.1 Å². The summed E-state index contributed by atoms with van der Waals surface area (Å²) in [5.74, 6) is 0.886. The highest BCUT2D eigenvalue weighted by Gasteiger charge is 2.16. The van der Waals surface area contributed by atoms with E-state index in [0.29, 0.717) is 40.7 Å². The minimum atomic E-state index is -0.182. The van der Waals surface area contributed by atoms with Gasteiger partial charge in [0.1, 0.15) is 11.5 Å². The number of hydrogen-bond acceptors (Lipinski definition) is 4. The normalized spacial score (nSPS) is 12.6. The molecule has 1 heterocycles. The summed E-state index contributed by atoms with van der Waals surface area (Å²) in [5, 5.41) is 5.99. The molecule has 3 rings (SSSR count). The van der Waals surface area contributed by atoms with Crippen LogP contribution in [0.2, 0.25) is 5.02 Å². The Labute approximate surface area is 150 Å². The number of halogens is 1. The molecule has 0 saturated heterocycles. The molecule has 0 aliphatic carbocycles. The lowest BCUT2D eigenvalue weighted by atomic mass is 10.1. The smallest absolute Gasteiger partial charge is 0.262 e. The maximum absolute atomic E-state index is 12.1. The fraction of sp³-hybridized carbons (Fsp3) is 0.222. The first kappa shape index (κ1) is 17.1. The highest BCUT2D eigenvalue weighted by atomic mass is 35.5. The molecule has 2 N–H and O–H groups in total. The van der Waals surface area contributed by atoms with Crippen molar-refractivity contribution in [3.05, 3.63) is 47.0 Å². The van der Waals surface area contributed by atoms with Gasteiger partial charge >= 0.3 is 0 Å². The molecule has 0 spiro atoms. The molecule has 0 fully saturated rings. The Kier molecular flexibility index (Phi) is 5.09. The molecule has 1 aliphatic rings. The van der Waals surface area contributed by atoms with E-state index in [1.165, 1.54) is 7.11 Å². The molecule has 0 aromatic heterocycles. The third-order valence-corrected chi connectivity index (χ3v) is 4.05. The molecule has 6 nitrogen and oxygen atoms in total. The number of anilines is 2. The molecule has 130 valence electrons. The number of carbonyl (C=O) groups excluding carboxylic acids is 2. The van der Waals surface area contributed by atoms with E-state index in [2.05, 4.69) is 10.6 Å². The van der Waals surface area contributed by atoms with Crippen molar-refractivity contribution in [3.63, 3.8) is 0 Å². The van der Waals surface area contributed by atoms with Gasteiger partial charge in [0.25, 0.3) is 5.91 Å². The van der Waals surface area contributed by atoms with E-state index in [0.717, 1.165) is 5.56 Å². The van der Waals surface area contributed by atoms with Crippen molar-refractivity contribution >= 4 is 34.8 Å². The van der Waals surface area contributed by atoms with Crippen molar-refractivity contribution < 1.29 is 19.1 Å². The molecule has 0 unspecified atom stereocenters. The van der Waals surface area contributed by atoms with Gasteiger partial charge in [-0.3, -0.25) is 9.59 Å². The lowest BCUT2D eigenvalue weighted by Gasteiger charge is -2.18. The Balaban J connectivity index is 1.58. The fourth-order valence-electron chi connectivity index (χ4n) is 2.51. The van der Waals surface area contributed by atoms with Gasteiger partial charge in [0, 0.05) is 12.1 Å². The Morgan fingerprint density at radius 2 is 2.16 bits per heavy atom. The van der Waals surface area contributed by atoms with Crippen LogP contribution in [0.1, 0.15) is 12.0 Å². The summed E-state index contributed by atoms with van der Waals surface area (Å²) in [6.07, 6.45) is 0.843. The van der Waals surface area contributed by atoms with Crippen LogP contribution in [0.15, 0.2) is 36.4 Å². The molecule has 2 aromatic carbocycles. The Bertz CT molecular complexity index is 823. The average molecular weight is 361 g/mol. The largest absolute Gasteiger partial charge is 0.495 e. The van der Waals surface area contributed by atoms with Crippen LogP contribution in [-0.4, -0.2) is 25.5 Å². The van der Waals surface area contributed by atoms with Crippen LogP contribution in [0, 0.1) is 0 Å². The van der Waals surface area contributed by atoms with Crippen molar-refractivity contribution in [3.8, 4) is 11.5 Å². The van der Waals surface area contributed by atoms with Gasteiger partial charge in [0.15, 0.2) is 6.61 Å². The quantitative estimate of drug-likeness (QED) is 0.858. The van der Waals surface area contributed by atoms with E-state index >= 15 is 0 Å². The predicted molar refractivity (Wildman–Crippen MR) is 95.5 cm³/mol. The molecule has 0 bridgehead atoms. The summed E-state index contributed by atoms with van der Waals surface area (Å²) < 4.78 is 10.4. The summed E-state index contributed by atoms with van der Waals surface area (Å²) in [5.41, 5.74) is 2.19. The lowest BCUT2D eigenvalue weighted by Crippen LogP contribution is -2.25. The molecule has 7 heteroatoms. The van der Waals surface area contributed by atoms with Crippen LogP contribution in [0.5, 0.6) is 11.5 Å². The third kappa shape index (κ3) is 4.22. The molecule has 2 aromatic rings. The molecule has 25 heavy (non-hydrogen) atoms. The first-order valence-electron chi connectivity index (χ1n) is 7.74. The number of hydrogen-bond donors (Lipinski definition) is 2. The molecule has 1 aliphatic heterocycles. The average Bonchev–Trinajstić information content (AvgIpc) is 2.59. The number of fused-ring (bicyclic) bond motifs is 1. The number of amides is 2. The number of benzene rings is 2. The number of carbonyl (C=O) groups is 2. The standard InChI is InChI=1S/C18H17ClN2O4/c1-24-15-6-4-12(9-13(15)19)20-17(22)7-3-11-2-5-16-14(8-11)21-18(23)10-25-16/h2,4-6,8-9H,3,7,10H2,1H3,(H,20,22)(H,21,23). The summed E-state index contributed by atoms with van der Waals surface area (Å²) in [6, 6.07) is 10.6. The van der Waals surface area contributed by atoms with E-state index in [-0.39, 0.29) is 18.4 Å². The van der Waals surface area contributed by atoms with Gasteiger partial charge in [-0.05, 0) is 42.3 Å². The topological polar surface area (TPSA) is 76.7 Å². The van der Waals surface area contributed by atoms with E-state index < -0.39 is 0 Å². The van der Waals surface area contributed by atoms with E-state index in [4.69, 9.17) is 21.1 Å². The number of ether oxygens (including phenoxy) is 2. The van der Waals surface area contributed by atoms with Gasteiger partial charge < -0.3 is 20.1 Å². The Morgan fingerprint density at radius 1 is 1.32 bits per heavy atom. The van der Waals surface area contributed by atoms with Crippen LogP contribution < -0.4 is 20.1 Å². The third-order valence-electron chi connectivity index (χ3n) is 3.75. The van der Waals surface area contributed by atoms with Crippen molar-refractivity contribution in [2.24, 2.45) is 0 Å². The first-order valence-corrected chi connectivity index (χ1v) is 8.12. The SMILES string of the molecule is COc1ccc(NC(=O)CCc2ccc3c(c2)NC(=O)CO3)cc1Cl. The monoisotopic (exact) mass is 360 g/mol. The van der Waals surface area contributed by atoms with Crippen LogP contribution in [0.25, 0.3) is 0 Å². The van der Waals surface area contributed by atoms with Crippen molar-refractivity contribution in [2.75, 3.05) is 24.4 Å². The molecule has 0 saturated carbocycles. The zero-order chi connectivity index (χ0) is 17.8. The van der Waals surface area contributed by atoms with E-state index in [9.17, 15) is 9.59 Å². The zero-order valence-corrected chi connectivity index (χ0v) is 14.4. The fourth-order valence-corrected chi connectivity index (χ4v) is 2.77. The number of aryl methyl sites for hydroxylation is 1. The van der Waals surface area contributed by atoms with E-state index in [1.54, 1.807) is 24.3 Å². The van der Waals surface area contributed by atoms with Crippen molar-refractivity contribution in [1.82, 2.24) is 0 Å². The second-order valence-electron chi connectivity index (χ2n) is 5.56.